The molecular formula is C27H31N3O. The number of benzene rings is 2. The number of hydrogen-bond acceptors (Lipinski definition) is 3. The fourth-order valence-corrected chi connectivity index (χ4v) is 6.85. The molecule has 2 aromatic carbocycles. The number of nitrogens with one attached hydrogen (secondary N) is 2. The molecule has 4 nitrogen and oxygen atoms in total. The molecule has 0 amide bonds. The van der Waals surface area contributed by atoms with Crippen LogP contribution in [0.5, 0.6) is 5.75 Å². The Hall–Kier alpha value is -2.30. The lowest BCUT2D eigenvalue weighted by molar-refractivity contribution is -0.153. The number of H-pyrrole nitrogens is 1. The normalized spacial score (nSPS) is 32.5. The Morgan fingerprint density at radius 1 is 1.00 bits per heavy atom. The summed E-state index contributed by atoms with van der Waals surface area (Å²) < 4.78 is 6.10. The van der Waals surface area contributed by atoms with Crippen molar-refractivity contribution in [2.24, 2.45) is 5.92 Å². The van der Waals surface area contributed by atoms with Crippen molar-refractivity contribution >= 4 is 10.9 Å². The lowest BCUT2D eigenvalue weighted by atomic mass is 9.51. The minimum Gasteiger partial charge on any atom is -0.488 e. The van der Waals surface area contributed by atoms with Gasteiger partial charge in [0.2, 0.25) is 0 Å². The number of fused-ring (bicyclic) bond motifs is 4. The van der Waals surface area contributed by atoms with Crippen LogP contribution in [-0.2, 0) is 6.42 Å². The van der Waals surface area contributed by atoms with Gasteiger partial charge in [-0.05, 0) is 74.3 Å². The third-order valence-corrected chi connectivity index (χ3v) is 8.74. The largest absolute Gasteiger partial charge is 0.488 e. The van der Waals surface area contributed by atoms with E-state index in [1.54, 1.807) is 0 Å². The van der Waals surface area contributed by atoms with Crippen LogP contribution in [0.3, 0.4) is 0 Å². The van der Waals surface area contributed by atoms with Gasteiger partial charge < -0.3 is 15.0 Å². The van der Waals surface area contributed by atoms with Gasteiger partial charge in [0.15, 0.2) is 0 Å². The summed E-state index contributed by atoms with van der Waals surface area (Å²) in [4.78, 5) is 6.77. The standard InChI is InChI=1S/C27H31N3O/c1-17-14-23-22-4-2-3-5-24(22)29-25(23)26(30(17)27-12-10-19(27)11-13-27)18-6-8-20(9-7-18)31-21-15-28-16-21/h2-9,17,19,21,26,28-29H,10-16H2,1H3/t17-,19?,26-,27?/m1/s1. The van der Waals surface area contributed by atoms with E-state index in [-0.39, 0.29) is 0 Å². The molecule has 3 aromatic rings. The van der Waals surface area contributed by atoms with Crippen molar-refractivity contribution in [2.45, 2.75) is 62.8 Å². The lowest BCUT2D eigenvalue weighted by Gasteiger charge is -2.67. The lowest BCUT2D eigenvalue weighted by Crippen LogP contribution is -2.69. The number of para-hydroxylation sites is 1. The highest BCUT2D eigenvalue weighted by molar-refractivity contribution is 5.85. The Kier molecular flexibility index (Phi) is 3.89. The Morgan fingerprint density at radius 2 is 1.77 bits per heavy atom. The highest BCUT2D eigenvalue weighted by Crippen LogP contribution is 2.61. The topological polar surface area (TPSA) is 40.3 Å². The number of ether oxygens (including phenoxy) is 1. The first-order chi connectivity index (χ1) is 15.2. The summed E-state index contributed by atoms with van der Waals surface area (Å²) >= 11 is 0. The van der Waals surface area contributed by atoms with Crippen LogP contribution in [0.15, 0.2) is 48.5 Å². The van der Waals surface area contributed by atoms with Gasteiger partial charge in [0.25, 0.3) is 0 Å². The molecule has 0 spiro atoms. The van der Waals surface area contributed by atoms with Crippen molar-refractivity contribution in [3.05, 3.63) is 65.4 Å². The van der Waals surface area contributed by atoms with Crippen molar-refractivity contribution in [2.75, 3.05) is 13.1 Å². The van der Waals surface area contributed by atoms with E-state index < -0.39 is 0 Å². The summed E-state index contributed by atoms with van der Waals surface area (Å²) in [6.07, 6.45) is 7.02. The van der Waals surface area contributed by atoms with E-state index in [4.69, 9.17) is 4.74 Å². The molecule has 1 saturated heterocycles. The molecule has 0 radical (unpaired) electrons. The maximum Gasteiger partial charge on any atom is 0.123 e. The molecule has 1 aromatic heterocycles. The Balaban J connectivity index is 1.33. The van der Waals surface area contributed by atoms with Crippen LogP contribution in [0.25, 0.3) is 10.9 Å². The first-order valence-electron chi connectivity index (χ1n) is 12.1. The third-order valence-electron chi connectivity index (χ3n) is 8.74. The van der Waals surface area contributed by atoms with E-state index >= 15 is 0 Å². The summed E-state index contributed by atoms with van der Waals surface area (Å²) in [5.41, 5.74) is 6.04. The zero-order valence-electron chi connectivity index (χ0n) is 18.2. The highest BCUT2D eigenvalue weighted by Gasteiger charge is 2.60. The molecule has 3 heterocycles. The molecule has 2 aliphatic carbocycles. The average molecular weight is 414 g/mol. The molecule has 0 bridgehead atoms. The van der Waals surface area contributed by atoms with Crippen molar-refractivity contribution < 1.29 is 4.74 Å². The number of nitrogens with zero attached hydrogens (tertiary/aromatic N) is 1. The molecule has 2 aliphatic heterocycles. The predicted molar refractivity (Wildman–Crippen MR) is 124 cm³/mol. The van der Waals surface area contributed by atoms with Crippen LogP contribution in [0.4, 0.5) is 0 Å². The van der Waals surface area contributed by atoms with Crippen LogP contribution in [0.1, 0.15) is 55.5 Å². The Bertz CT molecular complexity index is 1120. The smallest absolute Gasteiger partial charge is 0.123 e. The van der Waals surface area contributed by atoms with Gasteiger partial charge in [0, 0.05) is 41.3 Å². The van der Waals surface area contributed by atoms with Gasteiger partial charge in [-0.1, -0.05) is 30.3 Å². The zero-order valence-corrected chi connectivity index (χ0v) is 18.2. The van der Waals surface area contributed by atoms with Crippen molar-refractivity contribution in [3.63, 3.8) is 0 Å². The molecule has 4 aliphatic rings. The molecular weight excluding hydrogens is 382 g/mol. The van der Waals surface area contributed by atoms with Crippen LogP contribution >= 0.6 is 0 Å². The van der Waals surface area contributed by atoms with E-state index in [0.717, 1.165) is 31.2 Å². The summed E-state index contributed by atoms with van der Waals surface area (Å²) in [5.74, 6) is 1.89. The van der Waals surface area contributed by atoms with E-state index in [2.05, 4.69) is 70.7 Å². The average Bonchev–Trinajstić information content (AvgIpc) is 3.11. The monoisotopic (exact) mass is 413 g/mol. The molecule has 0 unspecified atom stereocenters. The molecule has 4 heteroatoms. The summed E-state index contributed by atoms with van der Waals surface area (Å²) in [5, 5.41) is 4.69. The molecule has 2 N–H and O–H groups in total. The van der Waals surface area contributed by atoms with Gasteiger partial charge in [-0.15, -0.1) is 0 Å². The van der Waals surface area contributed by atoms with Gasteiger partial charge in [-0.25, -0.2) is 0 Å². The molecule has 7 rings (SSSR count). The Morgan fingerprint density at radius 3 is 2.42 bits per heavy atom. The van der Waals surface area contributed by atoms with Gasteiger partial charge >= 0.3 is 0 Å². The molecule has 2 saturated carbocycles. The van der Waals surface area contributed by atoms with Crippen LogP contribution in [-0.4, -0.2) is 40.7 Å². The van der Waals surface area contributed by atoms with Gasteiger partial charge in [0.1, 0.15) is 11.9 Å². The van der Waals surface area contributed by atoms with E-state index in [1.165, 1.54) is 53.4 Å². The van der Waals surface area contributed by atoms with E-state index in [0.29, 0.717) is 23.7 Å². The van der Waals surface area contributed by atoms with Crippen molar-refractivity contribution in [1.82, 2.24) is 15.2 Å². The maximum absolute atomic E-state index is 6.10. The van der Waals surface area contributed by atoms with Gasteiger partial charge in [-0.2, -0.15) is 0 Å². The number of aromatic amines is 1. The van der Waals surface area contributed by atoms with E-state index in [1.807, 2.05) is 0 Å². The van der Waals surface area contributed by atoms with Crippen molar-refractivity contribution in [1.29, 1.82) is 0 Å². The van der Waals surface area contributed by atoms with Crippen LogP contribution in [0, 0.1) is 5.92 Å². The molecule has 160 valence electrons. The fraction of sp³-hybridized carbons (Fsp3) is 0.481. The summed E-state index contributed by atoms with van der Waals surface area (Å²) in [6, 6.07) is 18.7. The minimum absolute atomic E-state index is 0.300. The number of aromatic nitrogens is 1. The van der Waals surface area contributed by atoms with Gasteiger partial charge in [-0.3, -0.25) is 4.90 Å². The number of hydrogen-bond donors (Lipinski definition) is 2. The molecule has 3 fully saturated rings. The number of rotatable bonds is 4. The predicted octanol–water partition coefficient (Wildman–Crippen LogP) is 4.80. The fourth-order valence-electron chi connectivity index (χ4n) is 6.85. The zero-order chi connectivity index (χ0) is 20.6. The highest BCUT2D eigenvalue weighted by atomic mass is 16.5. The Labute approximate surface area is 184 Å². The third kappa shape index (κ3) is 2.55. The summed E-state index contributed by atoms with van der Waals surface area (Å²) in [6.45, 7) is 4.37. The first kappa shape index (κ1) is 18.3. The molecule has 2 atom stereocenters. The van der Waals surface area contributed by atoms with Crippen LogP contribution in [0.2, 0.25) is 0 Å². The second-order valence-electron chi connectivity index (χ2n) is 10.3. The first-order valence-corrected chi connectivity index (χ1v) is 12.1. The second kappa shape index (κ2) is 6.60. The molecule has 31 heavy (non-hydrogen) atoms. The van der Waals surface area contributed by atoms with Gasteiger partial charge in [0.05, 0.1) is 6.04 Å². The quantitative estimate of drug-likeness (QED) is 0.646. The van der Waals surface area contributed by atoms with Crippen molar-refractivity contribution in [3.8, 4) is 5.75 Å². The second-order valence-corrected chi connectivity index (χ2v) is 10.3. The maximum atomic E-state index is 6.10. The minimum atomic E-state index is 0.300. The summed E-state index contributed by atoms with van der Waals surface area (Å²) in [7, 11) is 0. The van der Waals surface area contributed by atoms with Crippen LogP contribution < -0.4 is 10.1 Å². The van der Waals surface area contributed by atoms with E-state index in [9.17, 15) is 0 Å². The SMILES string of the molecule is C[C@@H]1Cc2c([nH]c3ccccc23)[C@@H](c2ccc(OC3CNC3)cc2)N1C12CCC1CC2.